The van der Waals surface area contributed by atoms with Crippen LogP contribution in [0.25, 0.3) is 10.4 Å². The van der Waals surface area contributed by atoms with Crippen molar-refractivity contribution in [1.29, 1.82) is 0 Å². The van der Waals surface area contributed by atoms with Crippen molar-refractivity contribution >= 4 is 5.91 Å². The number of azide groups is 1. The van der Waals surface area contributed by atoms with Gasteiger partial charge in [-0.3, -0.25) is 4.79 Å². The average molecular weight is 210 g/mol. The fraction of sp³-hybridized carbons (Fsp3) is 0.889. The van der Waals surface area contributed by atoms with Crippen LogP contribution in [0.1, 0.15) is 6.42 Å². The minimum absolute atomic E-state index is 0.0608. The molecule has 0 unspecified atom stereocenters. The van der Waals surface area contributed by atoms with E-state index in [1.807, 2.05) is 0 Å². The molecule has 0 radical (unpaired) electrons. The lowest BCUT2D eigenvalue weighted by Crippen LogP contribution is -2.44. The topological polar surface area (TPSA) is 78.3 Å². The van der Waals surface area contributed by atoms with Crippen LogP contribution in [0.4, 0.5) is 0 Å². The first-order valence-electron chi connectivity index (χ1n) is 5.17. The lowest BCUT2D eigenvalue weighted by molar-refractivity contribution is -0.131. The molecule has 0 aromatic rings. The van der Waals surface area contributed by atoms with Gasteiger partial charge in [-0.05, 0) is 17.9 Å². The molecule has 15 heavy (non-hydrogen) atoms. The maximum Gasteiger partial charge on any atom is 0.228 e. The summed E-state index contributed by atoms with van der Waals surface area (Å²) in [5, 5.41) is 3.29. The van der Waals surface area contributed by atoms with Crippen molar-refractivity contribution in [2.45, 2.75) is 6.42 Å². The van der Waals surface area contributed by atoms with E-state index in [9.17, 15) is 4.79 Å². The van der Waals surface area contributed by atoms with Gasteiger partial charge in [0.25, 0.3) is 0 Å². The van der Waals surface area contributed by atoms with Crippen molar-refractivity contribution in [2.75, 3.05) is 32.8 Å². The van der Waals surface area contributed by atoms with E-state index >= 15 is 0 Å². The number of hydrogen-bond donors (Lipinski definition) is 0. The largest absolute Gasteiger partial charge is 0.381 e. The van der Waals surface area contributed by atoms with E-state index in [4.69, 9.17) is 10.3 Å². The lowest BCUT2D eigenvalue weighted by atomic mass is 9.89. The molecule has 0 saturated carbocycles. The molecule has 2 fully saturated rings. The van der Waals surface area contributed by atoms with Crippen molar-refractivity contribution in [3.05, 3.63) is 10.4 Å². The number of nitrogens with zero attached hydrogens (tertiary/aromatic N) is 4. The molecular weight excluding hydrogens is 196 g/mol. The summed E-state index contributed by atoms with van der Waals surface area (Å²) in [4.78, 5) is 15.9. The zero-order chi connectivity index (χ0) is 10.7. The van der Waals surface area contributed by atoms with Gasteiger partial charge in [0, 0.05) is 30.5 Å². The van der Waals surface area contributed by atoms with Gasteiger partial charge in [-0.25, -0.2) is 0 Å². The SMILES string of the molecule is [N-]=[N+]=NCC(=O)N1CC[C@H]2COC[C@H]2C1. The molecule has 2 aliphatic rings. The second-order valence-electron chi connectivity index (χ2n) is 4.08. The monoisotopic (exact) mass is 210 g/mol. The summed E-state index contributed by atoms with van der Waals surface area (Å²) in [6.07, 6.45) is 1.01. The van der Waals surface area contributed by atoms with Gasteiger partial charge in [0.05, 0.1) is 6.61 Å². The number of carbonyl (C=O) groups excluding carboxylic acids is 1. The molecule has 82 valence electrons. The van der Waals surface area contributed by atoms with E-state index in [1.54, 1.807) is 4.90 Å². The molecule has 2 atom stereocenters. The second-order valence-corrected chi connectivity index (χ2v) is 4.08. The molecule has 6 nitrogen and oxygen atoms in total. The Kier molecular flexibility index (Phi) is 3.08. The number of ether oxygens (including phenoxy) is 1. The maximum atomic E-state index is 11.6. The zero-order valence-electron chi connectivity index (χ0n) is 8.50. The Morgan fingerprint density at radius 1 is 1.53 bits per heavy atom. The number of hydrogen-bond acceptors (Lipinski definition) is 3. The summed E-state index contributed by atoms with van der Waals surface area (Å²) in [6, 6.07) is 0. The Labute approximate surface area is 87.8 Å². The first kappa shape index (κ1) is 10.3. The van der Waals surface area contributed by atoms with Crippen molar-refractivity contribution < 1.29 is 9.53 Å². The van der Waals surface area contributed by atoms with Crippen LogP contribution >= 0.6 is 0 Å². The van der Waals surface area contributed by atoms with Gasteiger partial charge in [-0.2, -0.15) is 0 Å². The molecule has 2 saturated heterocycles. The number of rotatable bonds is 2. The lowest BCUT2D eigenvalue weighted by Gasteiger charge is -2.33. The third-order valence-corrected chi connectivity index (χ3v) is 3.18. The third kappa shape index (κ3) is 2.22. The summed E-state index contributed by atoms with van der Waals surface area (Å²) in [7, 11) is 0. The van der Waals surface area contributed by atoms with Crippen molar-refractivity contribution in [1.82, 2.24) is 4.90 Å². The third-order valence-electron chi connectivity index (χ3n) is 3.18. The molecule has 0 bridgehead atoms. The van der Waals surface area contributed by atoms with Crippen LogP contribution in [-0.2, 0) is 9.53 Å². The van der Waals surface area contributed by atoms with E-state index in [0.717, 1.165) is 32.7 Å². The Morgan fingerprint density at radius 2 is 2.33 bits per heavy atom. The summed E-state index contributed by atoms with van der Waals surface area (Å²) < 4.78 is 5.38. The van der Waals surface area contributed by atoms with Gasteiger partial charge in [-0.1, -0.05) is 5.11 Å². The number of fused-ring (bicyclic) bond motifs is 1. The summed E-state index contributed by atoms with van der Waals surface area (Å²) >= 11 is 0. The molecule has 0 aliphatic carbocycles. The number of amides is 1. The smallest absolute Gasteiger partial charge is 0.228 e. The molecule has 0 aromatic carbocycles. The highest BCUT2D eigenvalue weighted by molar-refractivity contribution is 5.78. The Balaban J connectivity index is 1.89. The van der Waals surface area contributed by atoms with E-state index in [-0.39, 0.29) is 12.5 Å². The number of carbonyl (C=O) groups is 1. The van der Waals surface area contributed by atoms with Crippen LogP contribution in [0.2, 0.25) is 0 Å². The minimum atomic E-state index is -0.0712. The molecule has 0 N–H and O–H groups in total. The van der Waals surface area contributed by atoms with E-state index in [2.05, 4.69) is 10.0 Å². The van der Waals surface area contributed by atoms with Crippen molar-refractivity contribution in [3.8, 4) is 0 Å². The van der Waals surface area contributed by atoms with Crippen LogP contribution in [0.5, 0.6) is 0 Å². The van der Waals surface area contributed by atoms with Crippen LogP contribution < -0.4 is 0 Å². The van der Waals surface area contributed by atoms with E-state index < -0.39 is 0 Å². The summed E-state index contributed by atoms with van der Waals surface area (Å²) in [6.45, 7) is 3.06. The number of piperidine rings is 1. The molecule has 2 heterocycles. The molecule has 2 aliphatic heterocycles. The quantitative estimate of drug-likeness (QED) is 0.383. The second kappa shape index (κ2) is 4.51. The first-order valence-corrected chi connectivity index (χ1v) is 5.17. The Hall–Kier alpha value is -1.26. The highest BCUT2D eigenvalue weighted by Gasteiger charge is 2.34. The number of likely N-dealkylation sites (tertiary alicyclic amines) is 1. The predicted molar refractivity (Wildman–Crippen MR) is 53.0 cm³/mol. The zero-order valence-corrected chi connectivity index (χ0v) is 8.50. The first-order chi connectivity index (χ1) is 7.31. The molecule has 2 rings (SSSR count). The summed E-state index contributed by atoms with van der Waals surface area (Å²) in [5.74, 6) is 1.03. The molecular formula is C9H14N4O2. The average Bonchev–Trinajstić information content (AvgIpc) is 2.72. The van der Waals surface area contributed by atoms with E-state index in [0.29, 0.717) is 11.8 Å². The van der Waals surface area contributed by atoms with Crippen molar-refractivity contribution in [2.24, 2.45) is 17.0 Å². The summed E-state index contributed by atoms with van der Waals surface area (Å²) in [5.41, 5.74) is 8.13. The fourth-order valence-corrected chi connectivity index (χ4v) is 2.28. The molecule has 1 amide bonds. The van der Waals surface area contributed by atoms with Crippen LogP contribution in [0.3, 0.4) is 0 Å². The molecule has 0 aromatic heterocycles. The fourth-order valence-electron chi connectivity index (χ4n) is 2.28. The highest BCUT2D eigenvalue weighted by Crippen LogP contribution is 2.29. The van der Waals surface area contributed by atoms with Gasteiger partial charge >= 0.3 is 0 Å². The van der Waals surface area contributed by atoms with Crippen LogP contribution in [0, 0.1) is 11.8 Å². The highest BCUT2D eigenvalue weighted by atomic mass is 16.5. The Morgan fingerprint density at radius 3 is 3.13 bits per heavy atom. The van der Waals surface area contributed by atoms with Crippen LogP contribution in [-0.4, -0.2) is 43.7 Å². The standard InChI is InChI=1S/C9H14N4O2/c10-12-11-3-9(14)13-2-1-7-5-15-6-8(7)4-13/h7-8H,1-6H2/t7-,8+/m0/s1. The van der Waals surface area contributed by atoms with E-state index in [1.165, 1.54) is 0 Å². The van der Waals surface area contributed by atoms with Gasteiger partial charge in [0.1, 0.15) is 6.54 Å². The normalized spacial score (nSPS) is 29.5. The van der Waals surface area contributed by atoms with Gasteiger partial charge < -0.3 is 9.64 Å². The maximum absolute atomic E-state index is 11.6. The minimum Gasteiger partial charge on any atom is -0.381 e. The molecule has 0 spiro atoms. The Bertz CT molecular complexity index is 300. The predicted octanol–water partition coefficient (Wildman–Crippen LogP) is 0.792. The van der Waals surface area contributed by atoms with Crippen LogP contribution in [0.15, 0.2) is 5.11 Å². The van der Waals surface area contributed by atoms with Gasteiger partial charge in [0.15, 0.2) is 0 Å². The van der Waals surface area contributed by atoms with Crippen molar-refractivity contribution in [3.63, 3.8) is 0 Å². The van der Waals surface area contributed by atoms with Gasteiger partial charge in [0.2, 0.25) is 5.91 Å². The molecule has 6 heteroatoms. The van der Waals surface area contributed by atoms with Gasteiger partial charge in [-0.15, -0.1) is 0 Å².